The van der Waals surface area contributed by atoms with Crippen LogP contribution in [-0.4, -0.2) is 30.1 Å². The first-order chi connectivity index (χ1) is 15.9. The number of ketones is 1. The third kappa shape index (κ3) is 4.22. The van der Waals surface area contributed by atoms with Crippen LogP contribution in [0.25, 0.3) is 21.8 Å². The van der Waals surface area contributed by atoms with E-state index < -0.39 is 6.43 Å². The highest BCUT2D eigenvalue weighted by Crippen LogP contribution is 2.33. The van der Waals surface area contributed by atoms with Crippen molar-refractivity contribution in [3.05, 3.63) is 65.1 Å². The van der Waals surface area contributed by atoms with Crippen LogP contribution in [0, 0.1) is 11.7 Å². The number of hydrogen-bond acceptors (Lipinski definition) is 5. The first kappa shape index (κ1) is 21.6. The Morgan fingerprint density at radius 3 is 2.76 bits per heavy atom. The molecule has 10 heteroatoms. The fourth-order valence-electron chi connectivity index (χ4n) is 4.22. The molecule has 0 amide bonds. The Bertz CT molecular complexity index is 1310. The molecule has 4 heterocycles. The first-order valence-corrected chi connectivity index (χ1v) is 11.4. The zero-order chi connectivity index (χ0) is 23.1. The Morgan fingerprint density at radius 2 is 2.03 bits per heavy atom. The molecule has 170 valence electrons. The van der Waals surface area contributed by atoms with E-state index in [1.54, 1.807) is 19.2 Å². The Labute approximate surface area is 191 Å². The van der Waals surface area contributed by atoms with Crippen molar-refractivity contribution in [3.8, 4) is 21.8 Å². The number of imidazole rings is 1. The molecule has 1 unspecified atom stereocenters. The van der Waals surface area contributed by atoms with Gasteiger partial charge >= 0.3 is 0 Å². The lowest BCUT2D eigenvalue weighted by Gasteiger charge is -2.22. The molecule has 0 bridgehead atoms. The summed E-state index contributed by atoms with van der Waals surface area (Å²) in [6, 6.07) is 6.22. The second-order valence-electron chi connectivity index (χ2n) is 8.14. The van der Waals surface area contributed by atoms with Gasteiger partial charge in [0.2, 0.25) is 0 Å². The molecule has 4 aromatic rings. The van der Waals surface area contributed by atoms with Gasteiger partial charge in [0.1, 0.15) is 28.0 Å². The largest absolute Gasteiger partial charge is 0.334 e. The van der Waals surface area contributed by atoms with E-state index in [0.29, 0.717) is 29.1 Å². The number of nitrogens with zero attached hydrogens (tertiary/aromatic N) is 5. The second-order valence-corrected chi connectivity index (χ2v) is 9.00. The summed E-state index contributed by atoms with van der Waals surface area (Å²) in [5.41, 5.74) is 2.19. The monoisotopic (exact) mass is 471 g/mol. The summed E-state index contributed by atoms with van der Waals surface area (Å²) in [6.07, 6.45) is 2.58. The van der Waals surface area contributed by atoms with Crippen molar-refractivity contribution in [3.63, 3.8) is 0 Å². The van der Waals surface area contributed by atoms with Crippen LogP contribution in [0.1, 0.15) is 41.3 Å². The zero-order valence-corrected chi connectivity index (χ0v) is 18.5. The van der Waals surface area contributed by atoms with E-state index in [0.717, 1.165) is 41.4 Å². The number of thiazole rings is 1. The molecular formula is C23H20F3N5OS. The summed E-state index contributed by atoms with van der Waals surface area (Å²) in [5.74, 6) is 0.607. The van der Waals surface area contributed by atoms with Crippen molar-refractivity contribution in [1.29, 1.82) is 0 Å². The van der Waals surface area contributed by atoms with Crippen LogP contribution >= 0.6 is 11.3 Å². The predicted octanol–water partition coefficient (Wildman–Crippen LogP) is 5.32. The molecule has 33 heavy (non-hydrogen) atoms. The maximum Gasteiger partial charge on any atom is 0.281 e. The second kappa shape index (κ2) is 8.58. The molecule has 1 atom stereocenters. The molecule has 0 fully saturated rings. The molecular weight excluding hydrogens is 451 g/mol. The van der Waals surface area contributed by atoms with E-state index in [1.165, 1.54) is 28.4 Å². The fourth-order valence-corrected chi connectivity index (χ4v) is 5.04. The molecule has 0 saturated carbocycles. The van der Waals surface area contributed by atoms with Crippen molar-refractivity contribution in [2.45, 2.75) is 32.2 Å². The molecule has 6 nitrogen and oxygen atoms in total. The van der Waals surface area contributed by atoms with E-state index >= 15 is 0 Å². The van der Waals surface area contributed by atoms with Gasteiger partial charge in [-0.1, -0.05) is 0 Å². The third-order valence-electron chi connectivity index (χ3n) is 5.90. The standard InChI is InChI=1S/C23H20F3N5OS/c1-30-21(16(10-27-30)23-29-18(12-33-23)22(25)26)19(32)8-13-6-7-31-11-17(28-20(31)9-13)14-2-4-15(24)5-3-14/h2-5,10-13,22H,6-9H2,1H3. The maximum absolute atomic E-state index is 13.2. The van der Waals surface area contributed by atoms with Gasteiger partial charge < -0.3 is 4.57 Å². The molecule has 0 saturated heterocycles. The van der Waals surface area contributed by atoms with E-state index in [2.05, 4.69) is 14.6 Å². The van der Waals surface area contributed by atoms with Crippen LogP contribution in [0.15, 0.2) is 42.0 Å². The number of halogens is 3. The molecule has 0 N–H and O–H groups in total. The number of carbonyl (C=O) groups excluding carboxylic acids is 1. The van der Waals surface area contributed by atoms with Gasteiger partial charge in [-0.2, -0.15) is 5.10 Å². The van der Waals surface area contributed by atoms with Crippen LogP contribution in [-0.2, 0) is 20.0 Å². The number of fused-ring (bicyclic) bond motifs is 1. The number of aromatic nitrogens is 5. The zero-order valence-electron chi connectivity index (χ0n) is 17.7. The number of hydrogen-bond donors (Lipinski definition) is 0. The Kier molecular flexibility index (Phi) is 5.61. The highest BCUT2D eigenvalue weighted by molar-refractivity contribution is 7.13. The average molecular weight is 472 g/mol. The third-order valence-corrected chi connectivity index (χ3v) is 6.80. The molecule has 0 aliphatic carbocycles. The summed E-state index contributed by atoms with van der Waals surface area (Å²) in [6.45, 7) is 0.740. The minimum atomic E-state index is -2.66. The lowest BCUT2D eigenvalue weighted by atomic mass is 9.91. The van der Waals surface area contributed by atoms with Crippen molar-refractivity contribution in [2.24, 2.45) is 13.0 Å². The quantitative estimate of drug-likeness (QED) is 0.357. The van der Waals surface area contributed by atoms with Crippen molar-refractivity contribution in [1.82, 2.24) is 24.3 Å². The SMILES string of the molecule is Cn1ncc(-c2nc(C(F)F)cs2)c1C(=O)CC1CCn2cc(-c3ccc(F)cc3)nc2C1. The maximum atomic E-state index is 13.2. The molecule has 0 spiro atoms. The smallest absolute Gasteiger partial charge is 0.281 e. The minimum absolute atomic E-state index is 0.0949. The first-order valence-electron chi connectivity index (χ1n) is 10.5. The predicted molar refractivity (Wildman–Crippen MR) is 118 cm³/mol. The molecule has 1 aliphatic rings. The number of aryl methyl sites for hydroxylation is 2. The van der Waals surface area contributed by atoms with Crippen LogP contribution in [0.2, 0.25) is 0 Å². The minimum Gasteiger partial charge on any atom is -0.334 e. The van der Waals surface area contributed by atoms with Crippen molar-refractivity contribution < 1.29 is 18.0 Å². The van der Waals surface area contributed by atoms with E-state index in [4.69, 9.17) is 4.98 Å². The Balaban J connectivity index is 1.33. The van der Waals surface area contributed by atoms with E-state index in [1.807, 2.05) is 6.20 Å². The summed E-state index contributed by atoms with van der Waals surface area (Å²) in [5, 5.41) is 5.84. The van der Waals surface area contributed by atoms with E-state index in [9.17, 15) is 18.0 Å². The lowest BCUT2D eigenvalue weighted by Crippen LogP contribution is -2.22. The number of benzene rings is 1. The molecule has 1 aromatic carbocycles. The number of carbonyl (C=O) groups is 1. The van der Waals surface area contributed by atoms with E-state index in [-0.39, 0.29) is 23.2 Å². The molecule has 3 aromatic heterocycles. The Morgan fingerprint density at radius 1 is 1.24 bits per heavy atom. The van der Waals surface area contributed by atoms with Crippen LogP contribution < -0.4 is 0 Å². The number of alkyl halides is 2. The Hall–Kier alpha value is -3.27. The summed E-state index contributed by atoms with van der Waals surface area (Å²) in [4.78, 5) is 21.9. The van der Waals surface area contributed by atoms with Crippen LogP contribution in [0.4, 0.5) is 13.2 Å². The van der Waals surface area contributed by atoms with Gasteiger partial charge in [0.25, 0.3) is 6.43 Å². The van der Waals surface area contributed by atoms with Crippen molar-refractivity contribution >= 4 is 17.1 Å². The van der Waals surface area contributed by atoms with Gasteiger partial charge in [0, 0.05) is 43.6 Å². The fraction of sp³-hybridized carbons (Fsp3) is 0.304. The highest BCUT2D eigenvalue weighted by atomic mass is 32.1. The normalized spacial score (nSPS) is 15.7. The van der Waals surface area contributed by atoms with Crippen molar-refractivity contribution in [2.75, 3.05) is 0 Å². The topological polar surface area (TPSA) is 65.6 Å². The molecule has 1 aliphatic heterocycles. The lowest BCUT2D eigenvalue weighted by molar-refractivity contribution is 0.0945. The van der Waals surface area contributed by atoms with Gasteiger partial charge in [-0.15, -0.1) is 11.3 Å². The summed E-state index contributed by atoms with van der Waals surface area (Å²) >= 11 is 1.08. The van der Waals surface area contributed by atoms with Gasteiger partial charge in [-0.05, 0) is 36.6 Å². The van der Waals surface area contributed by atoms with Crippen LogP contribution in [0.5, 0.6) is 0 Å². The summed E-state index contributed by atoms with van der Waals surface area (Å²) in [7, 11) is 1.67. The molecule has 5 rings (SSSR count). The van der Waals surface area contributed by atoms with Gasteiger partial charge in [-0.25, -0.2) is 23.1 Å². The highest BCUT2D eigenvalue weighted by Gasteiger charge is 2.27. The number of Topliss-reactive ketones (excluding diaryl/α,β-unsaturated/α-hetero) is 1. The van der Waals surface area contributed by atoms with Gasteiger partial charge in [0.15, 0.2) is 5.78 Å². The summed E-state index contributed by atoms with van der Waals surface area (Å²) < 4.78 is 42.7. The van der Waals surface area contributed by atoms with Crippen LogP contribution in [0.3, 0.4) is 0 Å². The number of rotatable bonds is 6. The average Bonchev–Trinajstić information content (AvgIpc) is 3.51. The molecule has 0 radical (unpaired) electrons. The van der Waals surface area contributed by atoms with Gasteiger partial charge in [-0.3, -0.25) is 9.48 Å². The van der Waals surface area contributed by atoms with Gasteiger partial charge in [0.05, 0.1) is 17.5 Å².